The number of non-ortho nitro benzene ring substituents is 1. The maximum absolute atomic E-state index is 11.7. The van der Waals surface area contributed by atoms with Gasteiger partial charge in [-0.05, 0) is 19.1 Å². The Labute approximate surface area is 114 Å². The van der Waals surface area contributed by atoms with E-state index in [-0.39, 0.29) is 12.3 Å². The number of ether oxygens (including phenoxy) is 1. The number of carbonyl (C=O) groups is 2. The molecule has 1 rings (SSSR count). The fraction of sp³-hybridized carbons (Fsp3) is 0.333. The highest BCUT2D eigenvalue weighted by Gasteiger charge is 2.21. The molecule has 20 heavy (non-hydrogen) atoms. The first-order chi connectivity index (χ1) is 9.32. The van der Waals surface area contributed by atoms with Gasteiger partial charge in [0.05, 0.1) is 4.92 Å². The number of nitro groups is 1. The van der Waals surface area contributed by atoms with Crippen molar-refractivity contribution in [3.8, 4) is 5.75 Å². The molecule has 1 aromatic carbocycles. The molecule has 0 bridgehead atoms. The van der Waals surface area contributed by atoms with Crippen LogP contribution in [0.3, 0.4) is 0 Å². The van der Waals surface area contributed by atoms with Gasteiger partial charge in [-0.25, -0.2) is 4.79 Å². The second-order valence-electron chi connectivity index (χ2n) is 4.06. The Bertz CT molecular complexity index is 513. The largest absolute Gasteiger partial charge is 0.484 e. The predicted molar refractivity (Wildman–Crippen MR) is 68.5 cm³/mol. The van der Waals surface area contributed by atoms with Crippen LogP contribution in [0.25, 0.3) is 0 Å². The van der Waals surface area contributed by atoms with Crippen molar-refractivity contribution in [1.82, 2.24) is 4.90 Å². The van der Waals surface area contributed by atoms with E-state index >= 15 is 0 Å². The average Bonchev–Trinajstić information content (AvgIpc) is 2.43. The SMILES string of the molecule is CC(C(=O)O)N(C)C(=O)COc1ccc([N+](=O)[O-])cc1. The molecule has 1 aromatic rings. The summed E-state index contributed by atoms with van der Waals surface area (Å²) in [6.07, 6.45) is 0. The lowest BCUT2D eigenvalue weighted by atomic mass is 10.3. The van der Waals surface area contributed by atoms with Crippen molar-refractivity contribution >= 4 is 17.6 Å². The lowest BCUT2D eigenvalue weighted by Gasteiger charge is -2.21. The summed E-state index contributed by atoms with van der Waals surface area (Å²) in [5, 5.41) is 19.2. The van der Waals surface area contributed by atoms with Crippen LogP contribution in [0, 0.1) is 10.1 Å². The molecule has 0 saturated heterocycles. The van der Waals surface area contributed by atoms with Crippen LogP contribution in [-0.2, 0) is 9.59 Å². The second-order valence-corrected chi connectivity index (χ2v) is 4.06. The number of rotatable bonds is 6. The number of likely N-dealkylation sites (N-methyl/N-ethyl adjacent to an activating group) is 1. The van der Waals surface area contributed by atoms with Gasteiger partial charge in [0, 0.05) is 19.2 Å². The van der Waals surface area contributed by atoms with E-state index in [4.69, 9.17) is 9.84 Å². The van der Waals surface area contributed by atoms with Crippen LogP contribution < -0.4 is 4.74 Å². The lowest BCUT2D eigenvalue weighted by Crippen LogP contribution is -2.42. The van der Waals surface area contributed by atoms with Crippen LogP contribution >= 0.6 is 0 Å². The maximum atomic E-state index is 11.7. The van der Waals surface area contributed by atoms with E-state index in [9.17, 15) is 19.7 Å². The zero-order valence-corrected chi connectivity index (χ0v) is 11.0. The molecule has 1 amide bonds. The third-order valence-electron chi connectivity index (χ3n) is 2.74. The summed E-state index contributed by atoms with van der Waals surface area (Å²) in [7, 11) is 1.36. The van der Waals surface area contributed by atoms with E-state index in [2.05, 4.69) is 0 Å². The van der Waals surface area contributed by atoms with Crippen molar-refractivity contribution in [3.05, 3.63) is 34.4 Å². The number of amides is 1. The molecule has 0 heterocycles. The van der Waals surface area contributed by atoms with Crippen molar-refractivity contribution in [2.24, 2.45) is 0 Å². The van der Waals surface area contributed by atoms with E-state index in [1.807, 2.05) is 0 Å². The molecule has 0 fully saturated rings. The van der Waals surface area contributed by atoms with Gasteiger partial charge in [0.1, 0.15) is 11.8 Å². The third kappa shape index (κ3) is 3.94. The number of carboxylic acids is 1. The van der Waals surface area contributed by atoms with Gasteiger partial charge in [0.15, 0.2) is 6.61 Å². The predicted octanol–water partition coefficient (Wildman–Crippen LogP) is 0.905. The minimum atomic E-state index is -1.11. The normalized spacial score (nSPS) is 11.5. The molecule has 108 valence electrons. The molecule has 0 aliphatic heterocycles. The summed E-state index contributed by atoms with van der Waals surface area (Å²) in [6.45, 7) is 1.04. The Hall–Kier alpha value is -2.64. The van der Waals surface area contributed by atoms with E-state index < -0.39 is 22.8 Å². The topological polar surface area (TPSA) is 110 Å². The molecule has 0 spiro atoms. The standard InChI is InChI=1S/C12H14N2O6/c1-8(12(16)17)13(2)11(15)7-20-10-5-3-9(4-6-10)14(18)19/h3-6,8H,7H2,1-2H3,(H,16,17). The highest BCUT2D eigenvalue weighted by Crippen LogP contribution is 2.17. The fourth-order valence-electron chi connectivity index (χ4n) is 1.29. The molecule has 0 aliphatic carbocycles. The number of carboxylic acid groups (broad SMARTS) is 1. The van der Waals surface area contributed by atoms with Crippen molar-refractivity contribution in [3.63, 3.8) is 0 Å². The van der Waals surface area contributed by atoms with Crippen molar-refractivity contribution in [2.75, 3.05) is 13.7 Å². The van der Waals surface area contributed by atoms with Crippen LogP contribution in [0.5, 0.6) is 5.75 Å². The Kier molecular flexibility index (Phi) is 5.01. The Morgan fingerprint density at radius 1 is 1.40 bits per heavy atom. The Morgan fingerprint density at radius 2 is 1.95 bits per heavy atom. The van der Waals surface area contributed by atoms with E-state index in [1.54, 1.807) is 0 Å². The van der Waals surface area contributed by atoms with Crippen molar-refractivity contribution in [2.45, 2.75) is 13.0 Å². The smallest absolute Gasteiger partial charge is 0.326 e. The summed E-state index contributed by atoms with van der Waals surface area (Å²) in [5.74, 6) is -1.32. The van der Waals surface area contributed by atoms with Crippen LogP contribution in [0.1, 0.15) is 6.92 Å². The molecule has 0 saturated carbocycles. The van der Waals surface area contributed by atoms with Gasteiger partial charge < -0.3 is 14.7 Å². The third-order valence-corrected chi connectivity index (χ3v) is 2.74. The Morgan fingerprint density at radius 3 is 2.40 bits per heavy atom. The first-order valence-corrected chi connectivity index (χ1v) is 5.68. The summed E-state index contributed by atoms with van der Waals surface area (Å²) in [6, 6.07) is 4.29. The van der Waals surface area contributed by atoms with Gasteiger partial charge in [-0.1, -0.05) is 0 Å². The summed E-state index contributed by atoms with van der Waals surface area (Å²) >= 11 is 0. The maximum Gasteiger partial charge on any atom is 0.326 e. The highest BCUT2D eigenvalue weighted by atomic mass is 16.6. The minimum Gasteiger partial charge on any atom is -0.484 e. The number of benzene rings is 1. The number of aliphatic carboxylic acids is 1. The summed E-state index contributed by atoms with van der Waals surface area (Å²) < 4.78 is 5.15. The minimum absolute atomic E-state index is 0.0831. The molecule has 8 heteroatoms. The van der Waals surface area contributed by atoms with Gasteiger partial charge in [-0.3, -0.25) is 14.9 Å². The molecule has 8 nitrogen and oxygen atoms in total. The fourth-order valence-corrected chi connectivity index (χ4v) is 1.29. The first-order valence-electron chi connectivity index (χ1n) is 5.68. The molecular formula is C12H14N2O6. The van der Waals surface area contributed by atoms with Crippen LogP contribution in [-0.4, -0.2) is 46.5 Å². The van der Waals surface area contributed by atoms with Crippen molar-refractivity contribution < 1.29 is 24.4 Å². The molecule has 0 aromatic heterocycles. The molecule has 0 aliphatic rings. The van der Waals surface area contributed by atoms with E-state index in [1.165, 1.54) is 38.2 Å². The average molecular weight is 282 g/mol. The van der Waals surface area contributed by atoms with E-state index in [0.717, 1.165) is 4.90 Å². The molecule has 0 radical (unpaired) electrons. The number of hydrogen-bond acceptors (Lipinski definition) is 5. The van der Waals surface area contributed by atoms with Crippen molar-refractivity contribution in [1.29, 1.82) is 0 Å². The highest BCUT2D eigenvalue weighted by molar-refractivity contribution is 5.84. The number of nitrogens with zero attached hydrogens (tertiary/aromatic N) is 2. The summed E-state index contributed by atoms with van der Waals surface area (Å²) in [4.78, 5) is 33.3. The van der Waals surface area contributed by atoms with E-state index in [0.29, 0.717) is 5.75 Å². The zero-order chi connectivity index (χ0) is 15.3. The number of nitro benzene ring substituents is 1. The Balaban J connectivity index is 2.56. The second kappa shape index (κ2) is 6.50. The quantitative estimate of drug-likeness (QED) is 0.613. The van der Waals surface area contributed by atoms with Crippen LogP contribution in [0.4, 0.5) is 5.69 Å². The molecule has 1 atom stereocenters. The number of carbonyl (C=O) groups excluding carboxylic acids is 1. The van der Waals surface area contributed by atoms with Gasteiger partial charge in [-0.2, -0.15) is 0 Å². The zero-order valence-electron chi connectivity index (χ0n) is 11.0. The monoisotopic (exact) mass is 282 g/mol. The molecular weight excluding hydrogens is 268 g/mol. The van der Waals surface area contributed by atoms with Gasteiger partial charge >= 0.3 is 5.97 Å². The van der Waals surface area contributed by atoms with Crippen LogP contribution in [0.2, 0.25) is 0 Å². The lowest BCUT2D eigenvalue weighted by molar-refractivity contribution is -0.384. The van der Waals surface area contributed by atoms with Gasteiger partial charge in [0.25, 0.3) is 11.6 Å². The number of hydrogen-bond donors (Lipinski definition) is 1. The first kappa shape index (κ1) is 15.4. The molecule has 1 unspecified atom stereocenters. The van der Waals surface area contributed by atoms with Gasteiger partial charge in [0.2, 0.25) is 0 Å². The molecule has 1 N–H and O–H groups in total. The van der Waals surface area contributed by atoms with Crippen LogP contribution in [0.15, 0.2) is 24.3 Å². The summed E-state index contributed by atoms with van der Waals surface area (Å²) in [5.41, 5.74) is -0.0831. The van der Waals surface area contributed by atoms with Gasteiger partial charge in [-0.15, -0.1) is 0 Å².